The lowest BCUT2D eigenvalue weighted by Crippen LogP contribution is -2.33. The van der Waals surface area contributed by atoms with E-state index in [1.54, 1.807) is 12.5 Å². The van der Waals surface area contributed by atoms with Crippen LogP contribution in [0.15, 0.2) is 61.2 Å². The monoisotopic (exact) mass is 683 g/mol. The summed E-state index contributed by atoms with van der Waals surface area (Å²) in [7, 11) is 4.22. The Hall–Kier alpha value is -3.61. The Morgan fingerprint density at radius 2 is 1.49 bits per heavy atom. The molecule has 2 aromatic heterocycles. The fourth-order valence-corrected chi connectivity index (χ4v) is 6.26. The van der Waals surface area contributed by atoms with Gasteiger partial charge in [0.25, 0.3) is 0 Å². The zero-order chi connectivity index (χ0) is 31.9. The number of aromatic nitrogens is 4. The highest BCUT2D eigenvalue weighted by Crippen LogP contribution is 2.34. The highest BCUT2D eigenvalue weighted by molar-refractivity contribution is 6.18. The Labute approximate surface area is 287 Å². The van der Waals surface area contributed by atoms with Crippen LogP contribution >= 0.6 is 24.0 Å². The number of likely N-dealkylation sites (N-methyl/N-ethyl adjacent to an activating group) is 1. The zero-order valence-electron chi connectivity index (χ0n) is 27.2. The number of hydrogen-bond acceptors (Lipinski definition) is 10. The molecule has 0 bridgehead atoms. The largest absolute Gasteiger partial charge is 0.454 e. The molecule has 0 amide bonds. The fourth-order valence-electron chi connectivity index (χ4n) is 5.97. The molecule has 2 aromatic carbocycles. The second kappa shape index (κ2) is 16.5. The maximum Gasteiger partial charge on any atom is 0.235 e. The Balaban J connectivity index is 0.000000228. The van der Waals surface area contributed by atoms with E-state index in [2.05, 4.69) is 56.0 Å². The maximum absolute atomic E-state index is 5.67. The molecular formula is C34H43Cl2N7O4. The standard InChI is InChI=1S/C23H28N6O2.C11H14ClNO2.ClH/c1-17-12-19(26-23(25-17)29-9-7-24-15-29)20-4-3-8-28(20)11-10-27(2)14-18-5-6-21-22(13-18)31-16-30-21;1-13(5-4-12)7-9-2-3-10-11(6-9)15-8-14-10;/h5-7,9,12-13,15,20H,3-4,8,10-11,14,16H2,1-2H3;2-3,6H,4-5,7-8H2,1H3;1H. The van der Waals surface area contributed by atoms with E-state index in [0.29, 0.717) is 31.5 Å². The molecule has 4 aromatic rings. The van der Waals surface area contributed by atoms with Crippen LogP contribution in [0.1, 0.15) is 41.4 Å². The summed E-state index contributed by atoms with van der Waals surface area (Å²) >= 11 is 5.67. The van der Waals surface area contributed by atoms with Gasteiger partial charge in [-0.25, -0.2) is 15.0 Å². The molecule has 3 aliphatic heterocycles. The summed E-state index contributed by atoms with van der Waals surface area (Å²) in [6.45, 7) is 8.42. The number of nitrogens with zero attached hydrogens (tertiary/aromatic N) is 7. The van der Waals surface area contributed by atoms with Gasteiger partial charge in [0.2, 0.25) is 19.5 Å². The molecule has 0 N–H and O–H groups in total. The second-order valence-corrected chi connectivity index (χ2v) is 12.3. The van der Waals surface area contributed by atoms with Crippen molar-refractivity contribution in [3.05, 3.63) is 83.7 Å². The summed E-state index contributed by atoms with van der Waals surface area (Å²) in [5.41, 5.74) is 4.54. The second-order valence-electron chi connectivity index (χ2n) is 11.9. The lowest BCUT2D eigenvalue weighted by molar-refractivity contribution is 0.173. The SMILES string of the molecule is CN(CCCl)Cc1ccc2c(c1)OCO2.Cc1cc(C2CCCN2CCN(C)Cc2ccc3c(c2)OCO3)nc(-n2ccnc2)n1.Cl. The molecule has 1 fully saturated rings. The van der Waals surface area contributed by atoms with Crippen LogP contribution in [0.4, 0.5) is 0 Å². The van der Waals surface area contributed by atoms with E-state index >= 15 is 0 Å². The molecule has 3 aliphatic rings. The van der Waals surface area contributed by atoms with E-state index in [0.717, 1.165) is 80.1 Å². The van der Waals surface area contributed by atoms with Gasteiger partial charge in [0.15, 0.2) is 23.0 Å². The number of fused-ring (bicyclic) bond motifs is 2. The summed E-state index contributed by atoms with van der Waals surface area (Å²) < 4.78 is 23.3. The van der Waals surface area contributed by atoms with Crippen molar-refractivity contribution in [2.75, 3.05) is 59.7 Å². The first kappa shape index (κ1) is 34.7. The third-order valence-corrected chi connectivity index (χ3v) is 8.49. The van der Waals surface area contributed by atoms with Crippen LogP contribution in [0.2, 0.25) is 0 Å². The van der Waals surface area contributed by atoms with E-state index < -0.39 is 0 Å². The molecule has 1 saturated heterocycles. The van der Waals surface area contributed by atoms with Gasteiger partial charge in [-0.05, 0) is 81.9 Å². The molecule has 1 unspecified atom stereocenters. The molecule has 7 rings (SSSR count). The summed E-state index contributed by atoms with van der Waals surface area (Å²) in [5.74, 6) is 4.70. The Morgan fingerprint density at radius 3 is 2.11 bits per heavy atom. The van der Waals surface area contributed by atoms with Gasteiger partial charge in [-0.2, -0.15) is 0 Å². The van der Waals surface area contributed by atoms with Gasteiger partial charge >= 0.3 is 0 Å². The van der Waals surface area contributed by atoms with Gasteiger partial charge < -0.3 is 28.7 Å². The zero-order valence-corrected chi connectivity index (χ0v) is 28.8. The quantitative estimate of drug-likeness (QED) is 0.190. The summed E-state index contributed by atoms with van der Waals surface area (Å²) in [4.78, 5) is 20.7. The van der Waals surface area contributed by atoms with Crippen LogP contribution in [0.3, 0.4) is 0 Å². The van der Waals surface area contributed by atoms with Crippen molar-refractivity contribution >= 4 is 24.0 Å². The molecule has 0 saturated carbocycles. The van der Waals surface area contributed by atoms with Crippen LogP contribution in [-0.4, -0.2) is 94.0 Å². The minimum Gasteiger partial charge on any atom is -0.454 e. The first-order chi connectivity index (χ1) is 22.4. The number of aryl methyl sites for hydroxylation is 1. The van der Waals surface area contributed by atoms with E-state index in [-0.39, 0.29) is 12.4 Å². The number of halogens is 2. The molecular weight excluding hydrogens is 641 g/mol. The number of imidazole rings is 1. The molecule has 0 radical (unpaired) electrons. The fraction of sp³-hybridized carbons (Fsp3) is 0.441. The van der Waals surface area contributed by atoms with Gasteiger partial charge in [0.05, 0.1) is 11.7 Å². The third-order valence-electron chi connectivity index (χ3n) is 8.32. The first-order valence-electron chi connectivity index (χ1n) is 15.7. The molecule has 11 nitrogen and oxygen atoms in total. The predicted molar refractivity (Wildman–Crippen MR) is 183 cm³/mol. The predicted octanol–water partition coefficient (Wildman–Crippen LogP) is 5.48. The van der Waals surface area contributed by atoms with Gasteiger partial charge in [0.1, 0.15) is 6.33 Å². The van der Waals surface area contributed by atoms with Crippen molar-refractivity contribution in [2.45, 2.75) is 38.9 Å². The van der Waals surface area contributed by atoms with E-state index in [9.17, 15) is 0 Å². The minimum absolute atomic E-state index is 0. The molecule has 47 heavy (non-hydrogen) atoms. The molecule has 252 valence electrons. The van der Waals surface area contributed by atoms with Crippen LogP contribution in [-0.2, 0) is 13.1 Å². The summed E-state index contributed by atoms with van der Waals surface area (Å²) in [6.07, 6.45) is 7.71. The Bertz CT molecular complexity index is 1590. The summed E-state index contributed by atoms with van der Waals surface area (Å²) in [6, 6.07) is 14.7. The van der Waals surface area contributed by atoms with Gasteiger partial charge in [0, 0.05) is 56.7 Å². The van der Waals surface area contributed by atoms with E-state index in [1.165, 1.54) is 17.5 Å². The average Bonchev–Trinajstić information content (AvgIpc) is 3.87. The van der Waals surface area contributed by atoms with Crippen LogP contribution < -0.4 is 18.9 Å². The number of alkyl halides is 1. The highest BCUT2D eigenvalue weighted by Gasteiger charge is 2.28. The number of likely N-dealkylation sites (tertiary alicyclic amines) is 1. The number of ether oxygens (including phenoxy) is 4. The lowest BCUT2D eigenvalue weighted by atomic mass is 10.1. The van der Waals surface area contributed by atoms with Gasteiger partial charge in [-0.3, -0.25) is 9.47 Å². The topological polar surface area (TPSA) is 90.2 Å². The maximum atomic E-state index is 5.67. The van der Waals surface area contributed by atoms with E-state index in [4.69, 9.17) is 35.5 Å². The molecule has 0 spiro atoms. The number of benzene rings is 2. The Kier molecular flexibility index (Phi) is 12.2. The highest BCUT2D eigenvalue weighted by atomic mass is 35.5. The third kappa shape index (κ3) is 9.05. The van der Waals surface area contributed by atoms with Crippen molar-refractivity contribution in [1.29, 1.82) is 0 Å². The average molecular weight is 685 g/mol. The van der Waals surface area contributed by atoms with Crippen molar-refractivity contribution in [3.63, 3.8) is 0 Å². The Morgan fingerprint density at radius 1 is 0.851 bits per heavy atom. The summed E-state index contributed by atoms with van der Waals surface area (Å²) in [5, 5.41) is 0. The van der Waals surface area contributed by atoms with E-state index in [1.807, 2.05) is 42.9 Å². The number of hydrogen-bond donors (Lipinski definition) is 0. The van der Waals surface area contributed by atoms with Crippen LogP contribution in [0.25, 0.3) is 5.95 Å². The van der Waals surface area contributed by atoms with Gasteiger partial charge in [-0.15, -0.1) is 24.0 Å². The van der Waals surface area contributed by atoms with Gasteiger partial charge in [-0.1, -0.05) is 12.1 Å². The molecule has 13 heteroatoms. The molecule has 0 aliphatic carbocycles. The first-order valence-corrected chi connectivity index (χ1v) is 16.3. The van der Waals surface area contributed by atoms with Crippen molar-refractivity contribution < 1.29 is 18.9 Å². The van der Waals surface area contributed by atoms with Crippen LogP contribution in [0.5, 0.6) is 23.0 Å². The van der Waals surface area contributed by atoms with Crippen molar-refractivity contribution in [3.8, 4) is 28.9 Å². The number of rotatable bonds is 11. The van der Waals surface area contributed by atoms with Crippen LogP contribution in [0, 0.1) is 6.92 Å². The lowest BCUT2D eigenvalue weighted by Gasteiger charge is -2.27. The normalized spacial score (nSPS) is 16.3. The molecule has 1 atom stereocenters. The smallest absolute Gasteiger partial charge is 0.235 e. The van der Waals surface area contributed by atoms with Crippen molar-refractivity contribution in [1.82, 2.24) is 34.2 Å². The van der Waals surface area contributed by atoms with Crippen molar-refractivity contribution in [2.24, 2.45) is 0 Å². The molecule has 5 heterocycles. The minimum atomic E-state index is 0.